The SMILES string of the molecule is Cc1cccc(CNc2cnc(C(=O)Nc3c(F)cccc3F)cn2)c1. The number of amides is 1. The van der Waals surface area contributed by atoms with Gasteiger partial charge in [-0.3, -0.25) is 4.79 Å². The summed E-state index contributed by atoms with van der Waals surface area (Å²) in [6, 6.07) is 11.3. The van der Waals surface area contributed by atoms with Crippen LogP contribution < -0.4 is 10.6 Å². The van der Waals surface area contributed by atoms with Gasteiger partial charge in [0.1, 0.15) is 28.8 Å². The van der Waals surface area contributed by atoms with Gasteiger partial charge in [0.15, 0.2) is 0 Å². The number of aryl methyl sites for hydroxylation is 1. The molecular weight excluding hydrogens is 338 g/mol. The lowest BCUT2D eigenvalue weighted by Gasteiger charge is -2.08. The number of para-hydroxylation sites is 1. The lowest BCUT2D eigenvalue weighted by molar-refractivity contribution is 0.102. The highest BCUT2D eigenvalue weighted by atomic mass is 19.1. The number of halogens is 2. The molecule has 0 bridgehead atoms. The molecule has 5 nitrogen and oxygen atoms in total. The van der Waals surface area contributed by atoms with Gasteiger partial charge in [0.25, 0.3) is 5.91 Å². The molecule has 0 atom stereocenters. The number of anilines is 2. The summed E-state index contributed by atoms with van der Waals surface area (Å²) in [6.45, 7) is 2.57. The molecule has 1 amide bonds. The summed E-state index contributed by atoms with van der Waals surface area (Å²) >= 11 is 0. The van der Waals surface area contributed by atoms with Crippen molar-refractivity contribution in [2.45, 2.75) is 13.5 Å². The summed E-state index contributed by atoms with van der Waals surface area (Å²) in [5.41, 5.74) is 1.68. The number of carbonyl (C=O) groups is 1. The normalized spacial score (nSPS) is 10.4. The number of aromatic nitrogens is 2. The van der Waals surface area contributed by atoms with Gasteiger partial charge in [-0.25, -0.2) is 18.7 Å². The van der Waals surface area contributed by atoms with Gasteiger partial charge in [-0.2, -0.15) is 0 Å². The van der Waals surface area contributed by atoms with Crippen molar-refractivity contribution in [2.24, 2.45) is 0 Å². The van der Waals surface area contributed by atoms with Gasteiger partial charge in [0.2, 0.25) is 0 Å². The second-order valence-corrected chi connectivity index (χ2v) is 5.68. The molecule has 0 saturated heterocycles. The maximum Gasteiger partial charge on any atom is 0.276 e. The number of hydrogen-bond acceptors (Lipinski definition) is 4. The zero-order chi connectivity index (χ0) is 18.5. The van der Waals surface area contributed by atoms with E-state index in [1.54, 1.807) is 0 Å². The summed E-state index contributed by atoms with van der Waals surface area (Å²) in [5.74, 6) is -1.97. The van der Waals surface area contributed by atoms with Crippen LogP contribution in [0.15, 0.2) is 54.9 Å². The Hall–Kier alpha value is -3.35. The largest absolute Gasteiger partial charge is 0.365 e. The number of nitrogens with zero attached hydrogens (tertiary/aromatic N) is 2. The summed E-state index contributed by atoms with van der Waals surface area (Å²) in [4.78, 5) is 20.2. The molecule has 26 heavy (non-hydrogen) atoms. The lowest BCUT2D eigenvalue weighted by atomic mass is 10.1. The molecule has 0 aliphatic heterocycles. The number of rotatable bonds is 5. The van der Waals surface area contributed by atoms with Gasteiger partial charge >= 0.3 is 0 Å². The molecule has 1 aromatic heterocycles. The van der Waals surface area contributed by atoms with Gasteiger partial charge in [-0.05, 0) is 24.6 Å². The van der Waals surface area contributed by atoms with Crippen molar-refractivity contribution in [1.82, 2.24) is 9.97 Å². The lowest BCUT2D eigenvalue weighted by Crippen LogP contribution is -2.16. The van der Waals surface area contributed by atoms with Crippen LogP contribution in [0, 0.1) is 18.6 Å². The molecule has 3 aromatic rings. The Morgan fingerprint density at radius 3 is 2.42 bits per heavy atom. The minimum Gasteiger partial charge on any atom is -0.365 e. The summed E-state index contributed by atoms with van der Waals surface area (Å²) in [6.07, 6.45) is 2.63. The highest BCUT2D eigenvalue weighted by Crippen LogP contribution is 2.18. The molecule has 7 heteroatoms. The second kappa shape index (κ2) is 7.69. The van der Waals surface area contributed by atoms with Crippen molar-refractivity contribution in [3.63, 3.8) is 0 Å². The third kappa shape index (κ3) is 4.18. The van der Waals surface area contributed by atoms with E-state index in [2.05, 4.69) is 20.6 Å². The zero-order valence-electron chi connectivity index (χ0n) is 14.0. The standard InChI is InChI=1S/C19H16F2N4O/c1-12-4-2-5-13(8-12)9-23-17-11-22-16(10-24-17)19(26)25-18-14(20)6-3-7-15(18)21/h2-8,10-11H,9H2,1H3,(H,23,24)(H,25,26). The summed E-state index contributed by atoms with van der Waals surface area (Å²) in [7, 11) is 0. The fraction of sp³-hybridized carbons (Fsp3) is 0.105. The third-order valence-corrected chi connectivity index (χ3v) is 3.64. The fourth-order valence-corrected chi connectivity index (χ4v) is 2.35. The summed E-state index contributed by atoms with van der Waals surface area (Å²) in [5, 5.41) is 5.26. The van der Waals surface area contributed by atoms with Crippen molar-refractivity contribution in [1.29, 1.82) is 0 Å². The first-order chi connectivity index (χ1) is 12.5. The van der Waals surface area contributed by atoms with Crippen LogP contribution in [0.1, 0.15) is 21.6 Å². The Balaban J connectivity index is 1.64. The van der Waals surface area contributed by atoms with E-state index in [-0.39, 0.29) is 5.69 Å². The van der Waals surface area contributed by atoms with Crippen LogP contribution in [0.2, 0.25) is 0 Å². The minimum absolute atomic E-state index is 0.0474. The van der Waals surface area contributed by atoms with Crippen LogP contribution in [-0.2, 0) is 6.54 Å². The van der Waals surface area contributed by atoms with Crippen molar-refractivity contribution in [3.8, 4) is 0 Å². The fourth-order valence-electron chi connectivity index (χ4n) is 2.35. The molecule has 0 spiro atoms. The molecule has 0 aliphatic carbocycles. The van der Waals surface area contributed by atoms with Crippen LogP contribution >= 0.6 is 0 Å². The molecular formula is C19H16F2N4O. The first-order valence-corrected chi connectivity index (χ1v) is 7.90. The van der Waals surface area contributed by atoms with E-state index >= 15 is 0 Å². The molecule has 132 valence electrons. The van der Waals surface area contributed by atoms with Gasteiger partial charge < -0.3 is 10.6 Å². The maximum atomic E-state index is 13.6. The average molecular weight is 354 g/mol. The highest BCUT2D eigenvalue weighted by Gasteiger charge is 2.14. The molecule has 1 heterocycles. The van der Waals surface area contributed by atoms with E-state index in [1.165, 1.54) is 18.5 Å². The number of nitrogens with one attached hydrogen (secondary N) is 2. The Morgan fingerprint density at radius 2 is 1.77 bits per heavy atom. The van der Waals surface area contributed by atoms with Gasteiger partial charge in [-0.1, -0.05) is 35.9 Å². The smallest absolute Gasteiger partial charge is 0.276 e. The molecule has 0 radical (unpaired) electrons. The predicted molar refractivity (Wildman–Crippen MR) is 94.8 cm³/mol. The van der Waals surface area contributed by atoms with Crippen LogP contribution in [0.3, 0.4) is 0 Å². The van der Waals surface area contributed by atoms with Crippen molar-refractivity contribution >= 4 is 17.4 Å². The monoisotopic (exact) mass is 354 g/mol. The van der Waals surface area contributed by atoms with E-state index in [0.29, 0.717) is 12.4 Å². The quantitative estimate of drug-likeness (QED) is 0.729. The Kier molecular flexibility index (Phi) is 5.17. The molecule has 0 fully saturated rings. The van der Waals surface area contributed by atoms with Crippen LogP contribution in [0.25, 0.3) is 0 Å². The van der Waals surface area contributed by atoms with Crippen molar-refractivity contribution < 1.29 is 13.6 Å². The molecule has 0 unspecified atom stereocenters. The predicted octanol–water partition coefficient (Wildman–Crippen LogP) is 3.93. The minimum atomic E-state index is -0.859. The van der Waals surface area contributed by atoms with Gasteiger partial charge in [0, 0.05) is 6.54 Å². The topological polar surface area (TPSA) is 66.9 Å². The summed E-state index contributed by atoms with van der Waals surface area (Å²) < 4.78 is 27.2. The molecule has 0 aliphatic rings. The van der Waals surface area contributed by atoms with Crippen LogP contribution in [-0.4, -0.2) is 15.9 Å². The van der Waals surface area contributed by atoms with E-state index in [4.69, 9.17) is 0 Å². The average Bonchev–Trinajstić information content (AvgIpc) is 2.63. The number of hydrogen-bond donors (Lipinski definition) is 2. The third-order valence-electron chi connectivity index (χ3n) is 3.64. The molecule has 2 aromatic carbocycles. The molecule has 3 rings (SSSR count). The molecule has 0 saturated carbocycles. The van der Waals surface area contributed by atoms with E-state index in [1.807, 2.05) is 31.2 Å². The maximum absolute atomic E-state index is 13.6. The van der Waals surface area contributed by atoms with E-state index < -0.39 is 23.2 Å². The first-order valence-electron chi connectivity index (χ1n) is 7.90. The van der Waals surface area contributed by atoms with E-state index in [9.17, 15) is 13.6 Å². The van der Waals surface area contributed by atoms with Gasteiger partial charge in [-0.15, -0.1) is 0 Å². The van der Waals surface area contributed by atoms with E-state index in [0.717, 1.165) is 23.3 Å². The van der Waals surface area contributed by atoms with Crippen molar-refractivity contribution in [3.05, 3.63) is 83.3 Å². The Bertz CT molecular complexity index is 909. The Labute approximate surface area is 149 Å². The second-order valence-electron chi connectivity index (χ2n) is 5.68. The number of carbonyl (C=O) groups excluding carboxylic acids is 1. The Morgan fingerprint density at radius 1 is 1.04 bits per heavy atom. The van der Waals surface area contributed by atoms with Crippen molar-refractivity contribution in [2.75, 3.05) is 10.6 Å². The molecule has 2 N–H and O–H groups in total. The first kappa shape index (κ1) is 17.5. The van der Waals surface area contributed by atoms with Gasteiger partial charge in [0.05, 0.1) is 12.4 Å². The zero-order valence-corrected chi connectivity index (χ0v) is 14.0. The number of benzene rings is 2. The van der Waals surface area contributed by atoms with Crippen LogP contribution in [0.4, 0.5) is 20.3 Å². The van der Waals surface area contributed by atoms with Crippen LogP contribution in [0.5, 0.6) is 0 Å². The highest BCUT2D eigenvalue weighted by molar-refractivity contribution is 6.02.